The molecule has 2 N–H and O–H groups in total. The molecule has 0 saturated carbocycles. The number of nitrogens with two attached hydrogens (primary N) is 1. The van der Waals surface area contributed by atoms with Crippen molar-refractivity contribution in [2.75, 3.05) is 20.3 Å². The molecule has 132 valence electrons. The van der Waals surface area contributed by atoms with Gasteiger partial charge in [0, 0.05) is 18.0 Å². The highest BCUT2D eigenvalue weighted by atomic mass is 16.5. The first-order chi connectivity index (χ1) is 12.1. The number of rotatable bonds is 8. The van der Waals surface area contributed by atoms with Crippen LogP contribution >= 0.6 is 0 Å². The molecule has 0 amide bonds. The number of esters is 1. The third kappa shape index (κ3) is 4.45. The maximum Gasteiger partial charge on any atom is 0.317 e. The molecule has 0 aliphatic rings. The largest absolute Gasteiger partial charge is 0.497 e. The SMILES string of the molecule is CCOC(=O)C(C(=O)c1ccc(OC)cc1)C(CN)c1ccccc1. The molecular formula is C20H23NO4. The molecular weight excluding hydrogens is 318 g/mol. The minimum Gasteiger partial charge on any atom is -0.497 e. The number of carbonyl (C=O) groups excluding carboxylic acids is 2. The van der Waals surface area contributed by atoms with Gasteiger partial charge in [-0.3, -0.25) is 9.59 Å². The highest BCUT2D eigenvalue weighted by Crippen LogP contribution is 2.29. The lowest BCUT2D eigenvalue weighted by molar-refractivity contribution is -0.146. The number of Topliss-reactive ketones (excluding diaryl/α,β-unsaturated/α-hetero) is 1. The van der Waals surface area contributed by atoms with Gasteiger partial charge in [-0.15, -0.1) is 0 Å². The molecule has 0 radical (unpaired) electrons. The lowest BCUT2D eigenvalue weighted by Crippen LogP contribution is -2.35. The number of methoxy groups -OCH3 is 1. The molecule has 0 heterocycles. The predicted octanol–water partition coefficient (Wildman–Crippen LogP) is 2.80. The molecule has 0 saturated heterocycles. The number of hydrogen-bond acceptors (Lipinski definition) is 5. The Morgan fingerprint density at radius 3 is 2.20 bits per heavy atom. The van der Waals surface area contributed by atoms with Crippen LogP contribution in [0.3, 0.4) is 0 Å². The summed E-state index contributed by atoms with van der Waals surface area (Å²) in [6.07, 6.45) is 0. The fraction of sp³-hybridized carbons (Fsp3) is 0.300. The zero-order chi connectivity index (χ0) is 18.2. The Kier molecular flexibility index (Phi) is 6.71. The topological polar surface area (TPSA) is 78.6 Å². The van der Waals surface area contributed by atoms with Crippen molar-refractivity contribution in [3.05, 3.63) is 65.7 Å². The van der Waals surface area contributed by atoms with Gasteiger partial charge in [0.15, 0.2) is 5.78 Å². The van der Waals surface area contributed by atoms with E-state index in [9.17, 15) is 9.59 Å². The van der Waals surface area contributed by atoms with Crippen LogP contribution in [0.5, 0.6) is 5.75 Å². The van der Waals surface area contributed by atoms with Crippen LogP contribution in [-0.2, 0) is 9.53 Å². The van der Waals surface area contributed by atoms with Gasteiger partial charge >= 0.3 is 5.97 Å². The van der Waals surface area contributed by atoms with Crippen molar-refractivity contribution in [2.24, 2.45) is 11.7 Å². The second kappa shape index (κ2) is 8.99. The summed E-state index contributed by atoms with van der Waals surface area (Å²) in [4.78, 5) is 25.6. The van der Waals surface area contributed by atoms with Crippen LogP contribution in [0.4, 0.5) is 0 Å². The maximum absolute atomic E-state index is 13.0. The molecule has 25 heavy (non-hydrogen) atoms. The van der Waals surface area contributed by atoms with E-state index in [2.05, 4.69) is 0 Å². The lowest BCUT2D eigenvalue weighted by atomic mass is 9.81. The Morgan fingerprint density at radius 1 is 1.04 bits per heavy atom. The van der Waals surface area contributed by atoms with Gasteiger partial charge in [-0.1, -0.05) is 30.3 Å². The van der Waals surface area contributed by atoms with Gasteiger partial charge in [0.05, 0.1) is 13.7 Å². The van der Waals surface area contributed by atoms with E-state index >= 15 is 0 Å². The fourth-order valence-corrected chi connectivity index (χ4v) is 2.79. The molecule has 5 nitrogen and oxygen atoms in total. The Labute approximate surface area is 147 Å². The molecule has 0 spiro atoms. The van der Waals surface area contributed by atoms with E-state index in [1.165, 1.54) is 0 Å². The Morgan fingerprint density at radius 2 is 1.68 bits per heavy atom. The standard InChI is InChI=1S/C20H23NO4/c1-3-25-20(23)18(17(13-21)14-7-5-4-6-8-14)19(22)15-9-11-16(24-2)12-10-15/h4-12,17-18H,3,13,21H2,1-2H3. The van der Waals surface area contributed by atoms with Gasteiger partial charge in [-0.2, -0.15) is 0 Å². The summed E-state index contributed by atoms with van der Waals surface area (Å²) >= 11 is 0. The molecule has 0 bridgehead atoms. The molecule has 2 rings (SSSR count). The van der Waals surface area contributed by atoms with E-state index in [4.69, 9.17) is 15.2 Å². The number of ketones is 1. The van der Waals surface area contributed by atoms with Crippen molar-refractivity contribution in [1.29, 1.82) is 0 Å². The van der Waals surface area contributed by atoms with Crippen molar-refractivity contribution in [3.63, 3.8) is 0 Å². The molecule has 0 aliphatic heterocycles. The molecule has 0 fully saturated rings. The van der Waals surface area contributed by atoms with Gasteiger partial charge in [0.2, 0.25) is 0 Å². The molecule has 2 atom stereocenters. The Balaban J connectivity index is 2.40. The van der Waals surface area contributed by atoms with Gasteiger partial charge in [-0.05, 0) is 36.8 Å². The summed E-state index contributed by atoms with van der Waals surface area (Å²) in [5.74, 6) is -1.65. The quantitative estimate of drug-likeness (QED) is 0.454. The van der Waals surface area contributed by atoms with Crippen molar-refractivity contribution in [2.45, 2.75) is 12.8 Å². The Bertz CT molecular complexity index is 697. The summed E-state index contributed by atoms with van der Waals surface area (Å²) in [6.45, 7) is 2.08. The van der Waals surface area contributed by atoms with Crippen LogP contribution in [0.1, 0.15) is 28.8 Å². The summed E-state index contributed by atoms with van der Waals surface area (Å²) in [7, 11) is 1.55. The first-order valence-corrected chi connectivity index (χ1v) is 8.22. The molecule has 2 aromatic carbocycles. The second-order valence-electron chi connectivity index (χ2n) is 5.58. The van der Waals surface area contributed by atoms with E-state index in [1.807, 2.05) is 30.3 Å². The molecule has 5 heteroatoms. The first kappa shape index (κ1) is 18.7. The van der Waals surface area contributed by atoms with Crippen molar-refractivity contribution < 1.29 is 19.1 Å². The fourth-order valence-electron chi connectivity index (χ4n) is 2.79. The highest BCUT2D eigenvalue weighted by molar-refractivity contribution is 6.09. The van der Waals surface area contributed by atoms with E-state index in [-0.39, 0.29) is 18.9 Å². The summed E-state index contributed by atoms with van der Waals surface area (Å²) in [5.41, 5.74) is 7.18. The van der Waals surface area contributed by atoms with E-state index < -0.39 is 17.8 Å². The van der Waals surface area contributed by atoms with Crippen molar-refractivity contribution in [1.82, 2.24) is 0 Å². The monoisotopic (exact) mass is 341 g/mol. The number of carbonyl (C=O) groups is 2. The number of benzene rings is 2. The molecule has 2 unspecified atom stereocenters. The normalized spacial score (nSPS) is 12.9. The highest BCUT2D eigenvalue weighted by Gasteiger charge is 2.36. The lowest BCUT2D eigenvalue weighted by Gasteiger charge is -2.24. The number of hydrogen-bond donors (Lipinski definition) is 1. The maximum atomic E-state index is 13.0. The van der Waals surface area contributed by atoms with Crippen LogP contribution in [0.2, 0.25) is 0 Å². The zero-order valence-corrected chi connectivity index (χ0v) is 14.5. The minimum atomic E-state index is -0.985. The Hall–Kier alpha value is -2.66. The molecule has 0 aliphatic carbocycles. The predicted molar refractivity (Wildman–Crippen MR) is 95.7 cm³/mol. The van der Waals surface area contributed by atoms with E-state index in [0.717, 1.165) is 5.56 Å². The smallest absolute Gasteiger partial charge is 0.317 e. The molecule has 2 aromatic rings. The van der Waals surface area contributed by atoms with Crippen molar-refractivity contribution >= 4 is 11.8 Å². The second-order valence-corrected chi connectivity index (χ2v) is 5.58. The minimum absolute atomic E-state index is 0.162. The van der Waals surface area contributed by atoms with Crippen LogP contribution in [0.15, 0.2) is 54.6 Å². The zero-order valence-electron chi connectivity index (χ0n) is 14.5. The first-order valence-electron chi connectivity index (χ1n) is 8.22. The average Bonchev–Trinajstić information content (AvgIpc) is 2.66. The van der Waals surface area contributed by atoms with Crippen LogP contribution < -0.4 is 10.5 Å². The molecule has 0 aromatic heterocycles. The van der Waals surface area contributed by atoms with Gasteiger partial charge in [0.25, 0.3) is 0 Å². The van der Waals surface area contributed by atoms with Crippen LogP contribution in [0, 0.1) is 5.92 Å². The van der Waals surface area contributed by atoms with E-state index in [0.29, 0.717) is 11.3 Å². The average molecular weight is 341 g/mol. The third-order valence-corrected chi connectivity index (χ3v) is 4.08. The summed E-state index contributed by atoms with van der Waals surface area (Å²) in [5, 5.41) is 0. The number of ether oxygens (including phenoxy) is 2. The summed E-state index contributed by atoms with van der Waals surface area (Å²) in [6, 6.07) is 16.0. The van der Waals surface area contributed by atoms with Gasteiger partial charge < -0.3 is 15.2 Å². The van der Waals surface area contributed by atoms with Crippen LogP contribution in [0.25, 0.3) is 0 Å². The third-order valence-electron chi connectivity index (χ3n) is 4.08. The van der Waals surface area contributed by atoms with E-state index in [1.54, 1.807) is 38.3 Å². The van der Waals surface area contributed by atoms with Crippen molar-refractivity contribution in [3.8, 4) is 5.75 Å². The van der Waals surface area contributed by atoms with Gasteiger partial charge in [-0.25, -0.2) is 0 Å². The van der Waals surface area contributed by atoms with Crippen LogP contribution in [-0.4, -0.2) is 32.0 Å². The summed E-state index contributed by atoms with van der Waals surface area (Å²) < 4.78 is 10.3. The van der Waals surface area contributed by atoms with Gasteiger partial charge in [0.1, 0.15) is 11.7 Å².